The fraction of sp³-hybridized carbons (Fsp3) is 0.611. The van der Waals surface area contributed by atoms with Gasteiger partial charge in [0.05, 0.1) is 0 Å². The molecule has 0 heterocycles. The Kier molecular flexibility index (Phi) is 6.84. The Morgan fingerprint density at radius 1 is 1.26 bits per heavy atom. The largest absolute Gasteiger partial charge is 0.385 e. The van der Waals surface area contributed by atoms with Gasteiger partial charge in [0.15, 0.2) is 5.96 Å². The van der Waals surface area contributed by atoms with E-state index in [1.165, 1.54) is 31.4 Å². The van der Waals surface area contributed by atoms with E-state index in [2.05, 4.69) is 15.6 Å². The van der Waals surface area contributed by atoms with Crippen LogP contribution in [-0.4, -0.2) is 39.8 Å². The van der Waals surface area contributed by atoms with E-state index in [4.69, 9.17) is 4.74 Å². The molecule has 1 saturated carbocycles. The minimum Gasteiger partial charge on any atom is -0.385 e. The molecule has 0 amide bonds. The highest BCUT2D eigenvalue weighted by molar-refractivity contribution is 5.79. The van der Waals surface area contributed by atoms with Crippen LogP contribution in [-0.2, 0) is 11.2 Å². The molecule has 0 atom stereocenters. The molecule has 0 aromatic heterocycles. The summed E-state index contributed by atoms with van der Waals surface area (Å²) in [5.74, 6) is 0.636. The zero-order valence-corrected chi connectivity index (χ0v) is 14.2. The van der Waals surface area contributed by atoms with Crippen molar-refractivity contribution in [2.24, 2.45) is 10.4 Å². The summed E-state index contributed by atoms with van der Waals surface area (Å²) in [6.07, 6.45) is 5.77. The Balaban J connectivity index is 1.71. The number of nitrogens with zero attached hydrogens (tertiary/aromatic N) is 1. The van der Waals surface area contributed by atoms with E-state index in [0.29, 0.717) is 5.41 Å². The third-order valence-electron chi connectivity index (χ3n) is 4.72. The van der Waals surface area contributed by atoms with Gasteiger partial charge < -0.3 is 15.4 Å². The number of hydrogen-bond acceptors (Lipinski definition) is 2. The SMILES string of the molecule is CN=C(NCCc1ccc(F)cc1)NCC1(CCOC)CCC1. The standard InChI is InChI=1S/C18H28FN3O/c1-20-17(21-12-8-15-4-6-16(19)7-5-15)22-14-18(9-3-10-18)11-13-23-2/h4-7H,3,8-14H2,1-2H3,(H2,20,21,22). The fourth-order valence-electron chi connectivity index (χ4n) is 2.98. The van der Waals surface area contributed by atoms with E-state index in [1.807, 2.05) is 12.1 Å². The molecule has 128 valence electrons. The molecule has 2 N–H and O–H groups in total. The van der Waals surface area contributed by atoms with Crippen molar-refractivity contribution in [1.29, 1.82) is 0 Å². The van der Waals surface area contributed by atoms with Crippen LogP contribution in [0.15, 0.2) is 29.3 Å². The van der Waals surface area contributed by atoms with Gasteiger partial charge in [0.1, 0.15) is 5.82 Å². The van der Waals surface area contributed by atoms with Crippen molar-refractivity contribution in [2.75, 3.05) is 33.9 Å². The molecule has 1 aromatic rings. The van der Waals surface area contributed by atoms with Crippen LogP contribution in [0.25, 0.3) is 0 Å². The minimum atomic E-state index is -0.193. The topological polar surface area (TPSA) is 45.7 Å². The Morgan fingerprint density at radius 3 is 2.57 bits per heavy atom. The Hall–Kier alpha value is -1.62. The van der Waals surface area contributed by atoms with Crippen molar-refractivity contribution in [3.63, 3.8) is 0 Å². The third-order valence-corrected chi connectivity index (χ3v) is 4.72. The number of rotatable bonds is 8. The molecule has 1 aliphatic carbocycles. The van der Waals surface area contributed by atoms with Gasteiger partial charge in [-0.25, -0.2) is 4.39 Å². The molecule has 4 nitrogen and oxygen atoms in total. The first kappa shape index (κ1) is 17.7. The summed E-state index contributed by atoms with van der Waals surface area (Å²) in [7, 11) is 3.55. The fourth-order valence-corrected chi connectivity index (χ4v) is 2.98. The molecule has 1 aliphatic rings. The van der Waals surface area contributed by atoms with E-state index in [0.717, 1.165) is 44.1 Å². The Labute approximate surface area is 138 Å². The molecular weight excluding hydrogens is 293 g/mol. The highest BCUT2D eigenvalue weighted by atomic mass is 19.1. The lowest BCUT2D eigenvalue weighted by atomic mass is 9.67. The maximum Gasteiger partial charge on any atom is 0.191 e. The van der Waals surface area contributed by atoms with E-state index < -0.39 is 0 Å². The summed E-state index contributed by atoms with van der Waals surface area (Å²) in [6, 6.07) is 6.64. The Bertz CT molecular complexity index is 497. The smallest absolute Gasteiger partial charge is 0.191 e. The molecule has 2 rings (SSSR count). The molecule has 0 aliphatic heterocycles. The maximum atomic E-state index is 12.9. The van der Waals surface area contributed by atoms with Crippen LogP contribution >= 0.6 is 0 Å². The van der Waals surface area contributed by atoms with Crippen LogP contribution in [0.4, 0.5) is 4.39 Å². The number of benzene rings is 1. The first-order valence-corrected chi connectivity index (χ1v) is 8.35. The normalized spacial score (nSPS) is 16.7. The maximum absolute atomic E-state index is 12.9. The quantitative estimate of drug-likeness (QED) is 0.572. The molecule has 0 bridgehead atoms. The third kappa shape index (κ3) is 5.50. The average Bonchev–Trinajstić information content (AvgIpc) is 2.53. The van der Waals surface area contributed by atoms with Gasteiger partial charge >= 0.3 is 0 Å². The summed E-state index contributed by atoms with van der Waals surface area (Å²) in [5.41, 5.74) is 1.48. The summed E-state index contributed by atoms with van der Waals surface area (Å²) >= 11 is 0. The van der Waals surface area contributed by atoms with Crippen LogP contribution in [0.2, 0.25) is 0 Å². The van der Waals surface area contributed by atoms with Crippen molar-refractivity contribution < 1.29 is 9.13 Å². The highest BCUT2D eigenvalue weighted by Gasteiger charge is 2.36. The number of methoxy groups -OCH3 is 1. The second-order valence-corrected chi connectivity index (χ2v) is 6.33. The second-order valence-electron chi connectivity index (χ2n) is 6.33. The zero-order chi connectivity index (χ0) is 16.5. The summed E-state index contributed by atoms with van der Waals surface area (Å²) < 4.78 is 18.1. The summed E-state index contributed by atoms with van der Waals surface area (Å²) in [5, 5.41) is 6.76. The monoisotopic (exact) mass is 321 g/mol. The second kappa shape index (κ2) is 8.87. The predicted molar refractivity (Wildman–Crippen MR) is 92.2 cm³/mol. The first-order valence-electron chi connectivity index (χ1n) is 8.35. The molecular formula is C18H28FN3O. The average molecular weight is 321 g/mol. The molecule has 0 saturated heterocycles. The molecule has 1 aromatic carbocycles. The number of guanidine groups is 1. The van der Waals surface area contributed by atoms with Crippen molar-refractivity contribution in [3.8, 4) is 0 Å². The number of halogens is 1. The first-order chi connectivity index (χ1) is 11.2. The van der Waals surface area contributed by atoms with Crippen LogP contribution in [0, 0.1) is 11.2 Å². The van der Waals surface area contributed by atoms with E-state index in [1.54, 1.807) is 14.2 Å². The number of nitrogens with one attached hydrogen (secondary N) is 2. The van der Waals surface area contributed by atoms with Gasteiger partial charge in [0, 0.05) is 33.9 Å². The molecule has 5 heteroatoms. The van der Waals surface area contributed by atoms with Gasteiger partial charge in [-0.1, -0.05) is 18.6 Å². The molecule has 23 heavy (non-hydrogen) atoms. The number of hydrogen-bond donors (Lipinski definition) is 2. The zero-order valence-electron chi connectivity index (χ0n) is 14.2. The van der Waals surface area contributed by atoms with Gasteiger partial charge in [-0.2, -0.15) is 0 Å². The van der Waals surface area contributed by atoms with Crippen LogP contribution in [0.1, 0.15) is 31.2 Å². The van der Waals surface area contributed by atoms with Crippen molar-refractivity contribution in [3.05, 3.63) is 35.6 Å². The van der Waals surface area contributed by atoms with E-state index in [-0.39, 0.29) is 5.82 Å². The number of ether oxygens (including phenoxy) is 1. The van der Waals surface area contributed by atoms with Gasteiger partial charge in [-0.3, -0.25) is 4.99 Å². The van der Waals surface area contributed by atoms with Crippen LogP contribution < -0.4 is 10.6 Å². The lowest BCUT2D eigenvalue weighted by Gasteiger charge is -2.42. The van der Waals surface area contributed by atoms with Crippen molar-refractivity contribution >= 4 is 5.96 Å². The van der Waals surface area contributed by atoms with Crippen molar-refractivity contribution in [2.45, 2.75) is 32.1 Å². The Morgan fingerprint density at radius 2 is 2.00 bits per heavy atom. The van der Waals surface area contributed by atoms with Crippen molar-refractivity contribution in [1.82, 2.24) is 10.6 Å². The van der Waals surface area contributed by atoms with Gasteiger partial charge in [0.2, 0.25) is 0 Å². The molecule has 0 radical (unpaired) electrons. The van der Waals surface area contributed by atoms with Crippen LogP contribution in [0.3, 0.4) is 0 Å². The predicted octanol–water partition coefficient (Wildman–Crippen LogP) is 2.74. The van der Waals surface area contributed by atoms with E-state index in [9.17, 15) is 4.39 Å². The van der Waals surface area contributed by atoms with Gasteiger partial charge in [-0.05, 0) is 48.8 Å². The van der Waals surface area contributed by atoms with Crippen LogP contribution in [0.5, 0.6) is 0 Å². The lowest BCUT2D eigenvalue weighted by Crippen LogP contribution is -2.47. The lowest BCUT2D eigenvalue weighted by molar-refractivity contribution is 0.0732. The van der Waals surface area contributed by atoms with Gasteiger partial charge in [0.25, 0.3) is 0 Å². The van der Waals surface area contributed by atoms with Gasteiger partial charge in [-0.15, -0.1) is 0 Å². The minimum absolute atomic E-state index is 0.193. The molecule has 0 spiro atoms. The van der Waals surface area contributed by atoms with E-state index >= 15 is 0 Å². The highest BCUT2D eigenvalue weighted by Crippen LogP contribution is 2.43. The number of aliphatic imine (C=N–C) groups is 1. The molecule has 1 fully saturated rings. The summed E-state index contributed by atoms with van der Waals surface area (Å²) in [6.45, 7) is 2.53. The summed E-state index contributed by atoms with van der Waals surface area (Å²) in [4.78, 5) is 4.28. The molecule has 0 unspecified atom stereocenters.